The number of likely N-dealkylation sites (N-methyl/N-ethyl adjacent to an activating group) is 1. The van der Waals surface area contributed by atoms with Gasteiger partial charge in [0.25, 0.3) is 0 Å². The number of carbonyl (C=O) groups excluding carboxylic acids is 1. The fraction of sp³-hybridized carbons (Fsp3) is 0.429. The summed E-state index contributed by atoms with van der Waals surface area (Å²) in [5.41, 5.74) is 1.86. The largest absolute Gasteiger partial charge is 0.352 e. The number of nitrogens with zero attached hydrogens (tertiary/aromatic N) is 3. The molecule has 2 rings (SSSR count). The zero-order valence-electron chi connectivity index (χ0n) is 12.6. The molecule has 0 radical (unpaired) electrons. The van der Waals surface area contributed by atoms with E-state index in [2.05, 4.69) is 26.4 Å². The standard InChI is InChI=1S/C14H19BrN4O2/c1-9-5-13(21-17-9)16-14(20)10(2)18(3)8-12-6-11(15)7-19(12)4/h5-7,10H,8H2,1-4H3,(H,16,20). The highest BCUT2D eigenvalue weighted by Crippen LogP contribution is 2.16. The highest BCUT2D eigenvalue weighted by Gasteiger charge is 2.20. The van der Waals surface area contributed by atoms with Gasteiger partial charge in [-0.15, -0.1) is 0 Å². The quantitative estimate of drug-likeness (QED) is 0.895. The van der Waals surface area contributed by atoms with Crippen molar-refractivity contribution in [1.29, 1.82) is 0 Å². The molecule has 1 amide bonds. The maximum atomic E-state index is 12.2. The Kier molecular flexibility index (Phi) is 4.84. The molecule has 1 atom stereocenters. The first-order chi connectivity index (χ1) is 9.86. The molecule has 0 aliphatic heterocycles. The summed E-state index contributed by atoms with van der Waals surface area (Å²) >= 11 is 3.45. The molecule has 2 aromatic heterocycles. The SMILES string of the molecule is Cc1cc(NC(=O)C(C)N(C)Cc2cc(Br)cn2C)on1. The van der Waals surface area contributed by atoms with Crippen molar-refractivity contribution in [2.24, 2.45) is 7.05 Å². The van der Waals surface area contributed by atoms with Gasteiger partial charge in [0, 0.05) is 36.0 Å². The highest BCUT2D eigenvalue weighted by molar-refractivity contribution is 9.10. The number of anilines is 1. The van der Waals surface area contributed by atoms with Crippen LogP contribution >= 0.6 is 15.9 Å². The van der Waals surface area contributed by atoms with Crippen LogP contribution in [0.25, 0.3) is 0 Å². The van der Waals surface area contributed by atoms with E-state index < -0.39 is 0 Å². The van der Waals surface area contributed by atoms with E-state index in [4.69, 9.17) is 4.52 Å². The van der Waals surface area contributed by atoms with E-state index in [0.717, 1.165) is 15.9 Å². The van der Waals surface area contributed by atoms with E-state index in [9.17, 15) is 4.79 Å². The van der Waals surface area contributed by atoms with Gasteiger partial charge in [0.2, 0.25) is 11.8 Å². The van der Waals surface area contributed by atoms with Crippen molar-refractivity contribution in [3.8, 4) is 0 Å². The molecule has 0 bridgehead atoms. The number of nitrogens with one attached hydrogen (secondary N) is 1. The molecule has 6 nitrogen and oxygen atoms in total. The van der Waals surface area contributed by atoms with Crippen LogP contribution in [0.2, 0.25) is 0 Å². The van der Waals surface area contributed by atoms with E-state index in [0.29, 0.717) is 12.4 Å². The number of hydrogen-bond donors (Lipinski definition) is 1. The summed E-state index contributed by atoms with van der Waals surface area (Å²) in [6.07, 6.45) is 1.99. The lowest BCUT2D eigenvalue weighted by atomic mass is 10.2. The second kappa shape index (κ2) is 6.44. The normalized spacial score (nSPS) is 12.7. The maximum absolute atomic E-state index is 12.2. The molecule has 2 heterocycles. The number of halogens is 1. The maximum Gasteiger partial charge on any atom is 0.243 e. The Morgan fingerprint density at radius 2 is 2.29 bits per heavy atom. The van der Waals surface area contributed by atoms with Crippen LogP contribution in [0, 0.1) is 6.92 Å². The van der Waals surface area contributed by atoms with Crippen LogP contribution in [-0.4, -0.2) is 33.6 Å². The van der Waals surface area contributed by atoms with Gasteiger partial charge in [0.15, 0.2) is 0 Å². The minimum atomic E-state index is -0.288. The topological polar surface area (TPSA) is 63.3 Å². The molecule has 0 saturated carbocycles. The Morgan fingerprint density at radius 3 is 2.81 bits per heavy atom. The lowest BCUT2D eigenvalue weighted by Gasteiger charge is -2.23. The Hall–Kier alpha value is -1.60. The van der Waals surface area contributed by atoms with Crippen molar-refractivity contribution < 1.29 is 9.32 Å². The molecular weight excluding hydrogens is 336 g/mol. The summed E-state index contributed by atoms with van der Waals surface area (Å²) in [6.45, 7) is 4.34. The number of hydrogen-bond acceptors (Lipinski definition) is 4. The van der Waals surface area contributed by atoms with Crippen molar-refractivity contribution in [2.45, 2.75) is 26.4 Å². The van der Waals surface area contributed by atoms with E-state index >= 15 is 0 Å². The van der Waals surface area contributed by atoms with Crippen molar-refractivity contribution in [3.05, 3.63) is 34.2 Å². The minimum absolute atomic E-state index is 0.123. The predicted molar refractivity (Wildman–Crippen MR) is 83.9 cm³/mol. The van der Waals surface area contributed by atoms with E-state index in [1.54, 1.807) is 6.07 Å². The summed E-state index contributed by atoms with van der Waals surface area (Å²) < 4.78 is 8.06. The Morgan fingerprint density at radius 1 is 1.57 bits per heavy atom. The van der Waals surface area contributed by atoms with Gasteiger partial charge < -0.3 is 9.09 Å². The molecule has 0 saturated heterocycles. The third kappa shape index (κ3) is 3.95. The third-order valence-electron chi connectivity index (χ3n) is 3.40. The molecular formula is C14H19BrN4O2. The van der Waals surface area contributed by atoms with Crippen LogP contribution in [-0.2, 0) is 18.4 Å². The molecule has 1 unspecified atom stereocenters. The summed E-state index contributed by atoms with van der Waals surface area (Å²) in [7, 11) is 3.90. The number of aryl methyl sites for hydroxylation is 2. The monoisotopic (exact) mass is 354 g/mol. The molecule has 2 aromatic rings. The zero-order chi connectivity index (χ0) is 15.6. The minimum Gasteiger partial charge on any atom is -0.352 e. The van der Waals surface area contributed by atoms with E-state index in [1.807, 2.05) is 49.7 Å². The fourth-order valence-corrected chi connectivity index (χ4v) is 2.54. The van der Waals surface area contributed by atoms with Crippen LogP contribution in [0.4, 0.5) is 5.88 Å². The van der Waals surface area contributed by atoms with Crippen LogP contribution in [0.1, 0.15) is 18.3 Å². The summed E-state index contributed by atoms with van der Waals surface area (Å²) in [6, 6.07) is 3.45. The van der Waals surface area contributed by atoms with E-state index in [1.165, 1.54) is 0 Å². The molecule has 1 N–H and O–H groups in total. The van der Waals surface area contributed by atoms with Gasteiger partial charge in [-0.2, -0.15) is 0 Å². The summed E-state index contributed by atoms with van der Waals surface area (Å²) in [5, 5.41) is 6.47. The first-order valence-electron chi connectivity index (χ1n) is 6.62. The highest BCUT2D eigenvalue weighted by atomic mass is 79.9. The van der Waals surface area contributed by atoms with Gasteiger partial charge in [-0.1, -0.05) is 5.16 Å². The smallest absolute Gasteiger partial charge is 0.243 e. The third-order valence-corrected chi connectivity index (χ3v) is 3.83. The lowest BCUT2D eigenvalue weighted by Crippen LogP contribution is -2.39. The molecule has 0 spiro atoms. The second-order valence-corrected chi connectivity index (χ2v) is 6.09. The first kappa shape index (κ1) is 15.8. The van der Waals surface area contributed by atoms with E-state index in [-0.39, 0.29) is 11.9 Å². The second-order valence-electron chi connectivity index (χ2n) is 5.17. The first-order valence-corrected chi connectivity index (χ1v) is 7.41. The number of amides is 1. The molecule has 21 heavy (non-hydrogen) atoms. The van der Waals surface area contributed by atoms with Crippen LogP contribution in [0.15, 0.2) is 27.3 Å². The lowest BCUT2D eigenvalue weighted by molar-refractivity contribution is -0.120. The molecule has 0 aliphatic rings. The van der Waals surface area contributed by atoms with Gasteiger partial charge in [0.1, 0.15) is 0 Å². The number of carbonyl (C=O) groups is 1. The van der Waals surface area contributed by atoms with Crippen molar-refractivity contribution in [2.75, 3.05) is 12.4 Å². The molecule has 0 aliphatic carbocycles. The van der Waals surface area contributed by atoms with Gasteiger partial charge in [-0.25, -0.2) is 0 Å². The predicted octanol–water partition coefficient (Wildman–Crippen LogP) is 2.54. The summed E-state index contributed by atoms with van der Waals surface area (Å²) in [5.74, 6) is 0.251. The molecule has 7 heteroatoms. The van der Waals surface area contributed by atoms with Crippen LogP contribution in [0.5, 0.6) is 0 Å². The zero-order valence-corrected chi connectivity index (χ0v) is 14.1. The van der Waals surface area contributed by atoms with Crippen molar-refractivity contribution >= 4 is 27.7 Å². The van der Waals surface area contributed by atoms with Gasteiger partial charge in [-0.3, -0.25) is 15.0 Å². The van der Waals surface area contributed by atoms with Crippen molar-refractivity contribution in [1.82, 2.24) is 14.6 Å². The Bertz CT molecular complexity index is 635. The van der Waals surface area contributed by atoms with Gasteiger partial charge >= 0.3 is 0 Å². The Labute approximate surface area is 132 Å². The molecule has 0 aromatic carbocycles. The number of rotatable bonds is 5. The molecule has 0 fully saturated rings. The van der Waals surface area contributed by atoms with Gasteiger partial charge in [0.05, 0.1) is 11.7 Å². The average molecular weight is 355 g/mol. The molecule has 114 valence electrons. The van der Waals surface area contributed by atoms with Crippen molar-refractivity contribution in [3.63, 3.8) is 0 Å². The van der Waals surface area contributed by atoms with Crippen LogP contribution in [0.3, 0.4) is 0 Å². The van der Waals surface area contributed by atoms with Crippen LogP contribution < -0.4 is 5.32 Å². The summed E-state index contributed by atoms with van der Waals surface area (Å²) in [4.78, 5) is 14.2. The average Bonchev–Trinajstić information content (AvgIpc) is 2.94. The Balaban J connectivity index is 1.96. The van der Waals surface area contributed by atoms with Gasteiger partial charge in [-0.05, 0) is 42.9 Å². The number of aromatic nitrogens is 2. The fourth-order valence-electron chi connectivity index (χ4n) is 1.96.